The molecule has 6 aromatic carbocycles. The largest absolute Gasteiger partial charge is 0.265 e. The first-order valence-corrected chi connectivity index (χ1v) is 37.0. The molecule has 0 saturated heterocycles. The molecule has 0 N–H and O–H groups in total. The molecule has 2 aliphatic carbocycles. The normalized spacial score (nSPS) is 17.0. The zero-order valence-electron chi connectivity index (χ0n) is 48.0. The molecule has 2 aliphatic rings. The average Bonchev–Trinajstić information content (AvgIpc) is 3.45. The van der Waals surface area contributed by atoms with Crippen molar-refractivity contribution in [1.82, 2.24) is 0 Å². The fourth-order valence-electron chi connectivity index (χ4n) is 10.5. The third-order valence-electron chi connectivity index (χ3n) is 15.0. The number of halogens is 3. The lowest BCUT2D eigenvalue weighted by Crippen LogP contribution is -2.25. The maximum Gasteiger partial charge on any atom is 0.194 e. The highest BCUT2D eigenvalue weighted by molar-refractivity contribution is 6.54. The minimum atomic E-state index is -1.35. The lowest BCUT2D eigenvalue weighted by Gasteiger charge is -2.38. The molecule has 8 heteroatoms. The molecule has 0 amide bonds. The lowest BCUT2D eigenvalue weighted by atomic mass is 9.70. The Kier molecular flexibility index (Phi) is 30.1. The molecule has 2 fully saturated rings. The fraction of sp³-hybridized carbons (Fsp3) is 0.441. The van der Waals surface area contributed by atoms with Crippen molar-refractivity contribution in [2.24, 2.45) is 16.8 Å². The molecule has 0 aliphatic heterocycles. The van der Waals surface area contributed by atoms with Crippen LogP contribution in [0, 0.1) is 47.5 Å². The number of nitriles is 1. The molecule has 76 heavy (non-hydrogen) atoms. The number of unbranched alkanes of at least 4 members (excludes halogenated alkanes) is 4. The Morgan fingerprint density at radius 1 is 0.566 bits per heavy atom. The number of hydrogen-bond donors (Lipinski definition) is 0. The van der Waals surface area contributed by atoms with Gasteiger partial charge in [-0.2, -0.15) is 5.26 Å². The van der Waals surface area contributed by atoms with E-state index in [0.717, 1.165) is 60.7 Å². The lowest BCUT2D eigenvalue weighted by molar-refractivity contribution is 0.185. The molecule has 0 heterocycles. The summed E-state index contributed by atoms with van der Waals surface area (Å²) < 4.78 is 40.2. The second-order valence-corrected chi connectivity index (χ2v) is 29.7. The topological polar surface area (TPSA) is 36.1 Å². The van der Waals surface area contributed by atoms with Gasteiger partial charge in [-0.25, -0.2) is 13.2 Å². The van der Waals surface area contributed by atoms with E-state index in [4.69, 9.17) is 5.26 Å². The van der Waals surface area contributed by atoms with Gasteiger partial charge in [-0.3, -0.25) is 4.99 Å². The molecule has 8 rings (SSSR count). The molecule has 0 bridgehead atoms. The van der Waals surface area contributed by atoms with Crippen LogP contribution in [0.15, 0.2) is 138 Å². The van der Waals surface area contributed by atoms with E-state index in [1.165, 1.54) is 128 Å². The first-order valence-electron chi connectivity index (χ1n) is 29.3. The molecule has 0 aromatic heterocycles. The molecule has 0 unspecified atom stereocenters. The molecule has 0 radical (unpaired) electrons. The highest BCUT2D eigenvalue weighted by Crippen LogP contribution is 2.45. The van der Waals surface area contributed by atoms with Crippen LogP contribution in [-0.4, -0.2) is 34.6 Å². The minimum Gasteiger partial charge on any atom is -0.265 e. The second kappa shape index (κ2) is 36.1. The van der Waals surface area contributed by atoms with Crippen LogP contribution in [0.3, 0.4) is 0 Å². The number of nitrogens with zero attached hydrogens (tertiary/aromatic N) is 2. The van der Waals surface area contributed by atoms with Gasteiger partial charge in [0.05, 0.1) is 17.3 Å². The minimum absolute atomic E-state index is 0.139. The van der Waals surface area contributed by atoms with Crippen molar-refractivity contribution in [3.8, 4) is 39.4 Å². The van der Waals surface area contributed by atoms with Gasteiger partial charge in [-0.15, -0.1) is 0 Å². The van der Waals surface area contributed by atoms with Gasteiger partial charge in [-0.1, -0.05) is 238 Å². The van der Waals surface area contributed by atoms with E-state index in [1.807, 2.05) is 36.4 Å². The van der Waals surface area contributed by atoms with Crippen molar-refractivity contribution in [2.45, 2.75) is 180 Å². The molecule has 2 saturated carbocycles. The molecule has 2 nitrogen and oxygen atoms in total. The van der Waals surface area contributed by atoms with E-state index < -0.39 is 17.5 Å². The van der Waals surface area contributed by atoms with E-state index in [9.17, 15) is 13.2 Å². The number of aryl methyl sites for hydroxylation is 2. The van der Waals surface area contributed by atoms with Gasteiger partial charge in [0.15, 0.2) is 17.5 Å². The number of rotatable bonds is 17. The average molecular weight is 1080 g/mol. The molecule has 408 valence electrons. The van der Waals surface area contributed by atoms with Gasteiger partial charge in [0.2, 0.25) is 0 Å². The summed E-state index contributed by atoms with van der Waals surface area (Å²) in [6, 6.07) is 49.4. The zero-order valence-corrected chi connectivity index (χ0v) is 51.9. The number of hydrogen-bond acceptors (Lipinski definition) is 2. The van der Waals surface area contributed by atoms with E-state index in [-0.39, 0.29) is 24.2 Å². The molecule has 0 spiro atoms. The Labute approximate surface area is 465 Å². The zero-order chi connectivity index (χ0) is 55.1. The molecular weight excluding hydrogens is 986 g/mol. The summed E-state index contributed by atoms with van der Waals surface area (Å²) in [4.78, 5) is 3.93. The van der Waals surface area contributed by atoms with Crippen molar-refractivity contribution in [3.05, 3.63) is 173 Å². The Hall–Kier alpha value is -5.08. The molecule has 6 aromatic rings. The van der Waals surface area contributed by atoms with E-state index >= 15 is 0 Å². The SMILES string of the molecule is C=Nc1ccc(-c2ccc(-c3ccc(CCC)cc3)cc2)cc1.CCCCCC[SiH2]C.CCCC[SiH2]C1CCC(C2CCC(c3cc(F)c(F)c(F)c3)CC2)CC1.C[SiH](C)C.Cc1ccc(-c2ccc(C#N)cc2)cc1. The summed E-state index contributed by atoms with van der Waals surface area (Å²) in [5.41, 5.74) is 13.3. The number of benzene rings is 6. The Balaban J connectivity index is 0.000000227. The summed E-state index contributed by atoms with van der Waals surface area (Å²) in [6.07, 6.45) is 20.9. The van der Waals surface area contributed by atoms with Crippen LogP contribution in [-0.2, 0) is 6.42 Å². The van der Waals surface area contributed by atoms with E-state index in [1.54, 1.807) is 6.04 Å². The van der Waals surface area contributed by atoms with Crippen LogP contribution in [0.25, 0.3) is 33.4 Å². The van der Waals surface area contributed by atoms with Crippen LogP contribution >= 0.6 is 0 Å². The predicted molar refractivity (Wildman–Crippen MR) is 335 cm³/mol. The van der Waals surface area contributed by atoms with E-state index in [0.29, 0.717) is 20.6 Å². The Morgan fingerprint density at radius 2 is 1.00 bits per heavy atom. The summed E-state index contributed by atoms with van der Waals surface area (Å²) in [5, 5.41) is 8.69. The van der Waals surface area contributed by atoms with Crippen LogP contribution in [0.4, 0.5) is 18.9 Å². The van der Waals surface area contributed by atoms with Gasteiger partial charge in [0.25, 0.3) is 0 Å². The third kappa shape index (κ3) is 22.9. The number of aliphatic imine (C=N–C) groups is 1. The van der Waals surface area contributed by atoms with Gasteiger partial charge in [-0.05, 0) is 144 Å². The van der Waals surface area contributed by atoms with Crippen molar-refractivity contribution >= 4 is 40.2 Å². The van der Waals surface area contributed by atoms with Crippen LogP contribution in [0.2, 0.25) is 43.8 Å². The van der Waals surface area contributed by atoms with Crippen molar-refractivity contribution in [3.63, 3.8) is 0 Å². The smallest absolute Gasteiger partial charge is 0.194 e. The summed E-state index contributed by atoms with van der Waals surface area (Å²) >= 11 is 0. The van der Waals surface area contributed by atoms with Crippen molar-refractivity contribution in [1.29, 1.82) is 5.26 Å². The first kappa shape index (κ1) is 63.5. The van der Waals surface area contributed by atoms with E-state index in [2.05, 4.69) is 157 Å². The highest BCUT2D eigenvalue weighted by atomic mass is 28.3. The van der Waals surface area contributed by atoms with Gasteiger partial charge in [0.1, 0.15) is 0 Å². The summed E-state index contributed by atoms with van der Waals surface area (Å²) in [5.74, 6) is -1.59. The quantitative estimate of drug-likeness (QED) is 0.0388. The molecular formula is C68H93F3N2Si3. The van der Waals surface area contributed by atoms with Crippen molar-refractivity contribution in [2.75, 3.05) is 0 Å². The van der Waals surface area contributed by atoms with Gasteiger partial charge < -0.3 is 0 Å². The van der Waals surface area contributed by atoms with Crippen molar-refractivity contribution < 1.29 is 13.2 Å². The monoisotopic (exact) mass is 1080 g/mol. The maximum absolute atomic E-state index is 13.5. The Morgan fingerprint density at radius 3 is 1.43 bits per heavy atom. The van der Waals surface area contributed by atoms with Gasteiger partial charge in [0, 0.05) is 27.8 Å². The maximum atomic E-state index is 13.5. The molecule has 0 atom stereocenters. The van der Waals surface area contributed by atoms with Crippen LogP contribution < -0.4 is 0 Å². The summed E-state index contributed by atoms with van der Waals surface area (Å²) in [6.45, 7) is 21.7. The third-order valence-corrected chi connectivity index (χ3v) is 18.7. The fourth-order valence-corrected chi connectivity index (χ4v) is 13.7. The first-order chi connectivity index (χ1) is 36.8. The summed E-state index contributed by atoms with van der Waals surface area (Å²) in [7, 11) is 0.394. The van der Waals surface area contributed by atoms with Crippen LogP contribution in [0.5, 0.6) is 0 Å². The second-order valence-electron chi connectivity index (χ2n) is 22.1. The van der Waals surface area contributed by atoms with Crippen LogP contribution in [0.1, 0.15) is 145 Å². The van der Waals surface area contributed by atoms with Gasteiger partial charge >= 0.3 is 0 Å². The Bertz CT molecular complexity index is 2510. The predicted octanol–water partition coefficient (Wildman–Crippen LogP) is 19.9. The standard InChI is InChI=1S/C22H33F3Si.C22H21N.C14H11N.C7H18Si.C3H10Si/c1-2-3-12-26-19-10-8-16(9-11-19)15-4-6-17(7-5-15)18-13-20(23)22(25)21(24)14-18;1-3-4-17-5-7-18(8-6-17)19-9-11-20(12-10-19)21-13-15-22(23-2)16-14-21;1-11-2-6-13(7-3-11)14-8-4-12(10-15)5-9-14;1-3-4-5-6-7-8-2;1-4(2)3/h13-17,19H,2-12,26H2,1H3;5-16H,2-4H2,1H3;2-9H,1H3;3-8H2,1-2H3;4H,1-3H3. The highest BCUT2D eigenvalue weighted by Gasteiger charge is 2.32.